The number of nitrogens with zero attached hydrogens (tertiary/aromatic N) is 2. The fourth-order valence-corrected chi connectivity index (χ4v) is 3.32. The van der Waals surface area contributed by atoms with E-state index in [1.54, 1.807) is 11.3 Å². The molecule has 0 aliphatic rings. The summed E-state index contributed by atoms with van der Waals surface area (Å²) in [5, 5.41) is 6.61. The van der Waals surface area contributed by atoms with Crippen molar-refractivity contribution in [1.29, 1.82) is 0 Å². The fraction of sp³-hybridized carbons (Fsp3) is 0.500. The van der Waals surface area contributed by atoms with E-state index in [1.165, 1.54) is 16.1 Å². The Morgan fingerprint density at radius 3 is 2.89 bits per heavy atom. The molecule has 1 unspecified atom stereocenters. The second kappa shape index (κ2) is 5.67. The molecule has 0 aromatic carbocycles. The van der Waals surface area contributed by atoms with Crippen LogP contribution in [0.15, 0.2) is 17.5 Å². The Bertz CT molecular complexity index is 513. The Kier molecular flexibility index (Phi) is 4.19. The van der Waals surface area contributed by atoms with Gasteiger partial charge in [0.1, 0.15) is 0 Å². The number of thiophene rings is 1. The zero-order valence-electron chi connectivity index (χ0n) is 11.3. The molecule has 0 saturated carbocycles. The molecule has 1 atom stereocenters. The van der Waals surface area contributed by atoms with E-state index in [1.807, 2.05) is 6.92 Å². The Labute approximate surface area is 113 Å². The van der Waals surface area contributed by atoms with Crippen LogP contribution in [0, 0.1) is 6.92 Å². The van der Waals surface area contributed by atoms with Gasteiger partial charge in [-0.05, 0) is 43.3 Å². The summed E-state index contributed by atoms with van der Waals surface area (Å²) in [7, 11) is 0. The predicted octanol–water partition coefficient (Wildman–Crippen LogP) is 3.08. The van der Waals surface area contributed by atoms with Gasteiger partial charge in [0.25, 0.3) is 0 Å². The molecular weight excluding hydrogens is 242 g/mol. The van der Waals surface area contributed by atoms with Gasteiger partial charge in [0.15, 0.2) is 0 Å². The highest BCUT2D eigenvalue weighted by atomic mass is 32.1. The van der Waals surface area contributed by atoms with Crippen LogP contribution >= 0.6 is 11.3 Å². The lowest BCUT2D eigenvalue weighted by Gasteiger charge is -2.12. The number of nitrogens with two attached hydrogens (primary N) is 1. The van der Waals surface area contributed by atoms with E-state index < -0.39 is 0 Å². The Morgan fingerprint density at radius 2 is 2.22 bits per heavy atom. The second-order valence-electron chi connectivity index (χ2n) is 4.57. The highest BCUT2D eigenvalue weighted by Gasteiger charge is 2.15. The standard InChI is InChI=1S/C14H21N3S/c1-4-11-6-7-18-14(11)13(15)9-12-8-10(3)16-17(12)5-2/h6-8,13H,4-5,9,15H2,1-3H3. The van der Waals surface area contributed by atoms with Crippen LogP contribution in [0.25, 0.3) is 0 Å². The van der Waals surface area contributed by atoms with Crippen LogP contribution in [0.1, 0.15) is 41.7 Å². The van der Waals surface area contributed by atoms with E-state index in [0.29, 0.717) is 0 Å². The van der Waals surface area contributed by atoms with Gasteiger partial charge in [-0.2, -0.15) is 5.10 Å². The molecule has 2 aromatic heterocycles. The molecular formula is C14H21N3S. The van der Waals surface area contributed by atoms with Crippen molar-refractivity contribution < 1.29 is 0 Å². The quantitative estimate of drug-likeness (QED) is 0.901. The zero-order chi connectivity index (χ0) is 13.1. The second-order valence-corrected chi connectivity index (χ2v) is 5.51. The van der Waals surface area contributed by atoms with Gasteiger partial charge >= 0.3 is 0 Å². The number of aryl methyl sites for hydroxylation is 3. The molecule has 18 heavy (non-hydrogen) atoms. The minimum atomic E-state index is 0.0846. The predicted molar refractivity (Wildman–Crippen MR) is 77.0 cm³/mol. The van der Waals surface area contributed by atoms with Gasteiger partial charge in [-0.1, -0.05) is 6.92 Å². The van der Waals surface area contributed by atoms with Crippen LogP contribution in [0.2, 0.25) is 0 Å². The molecule has 0 radical (unpaired) electrons. The maximum absolute atomic E-state index is 6.35. The van der Waals surface area contributed by atoms with Gasteiger partial charge in [0.05, 0.1) is 5.69 Å². The molecule has 0 spiro atoms. The molecule has 2 aromatic rings. The smallest absolute Gasteiger partial charge is 0.0596 e. The normalized spacial score (nSPS) is 12.9. The van der Waals surface area contributed by atoms with Gasteiger partial charge in [-0.25, -0.2) is 0 Å². The molecule has 0 bridgehead atoms. The van der Waals surface area contributed by atoms with E-state index >= 15 is 0 Å². The summed E-state index contributed by atoms with van der Waals surface area (Å²) < 4.78 is 2.05. The molecule has 98 valence electrons. The van der Waals surface area contributed by atoms with Crippen LogP contribution in [-0.4, -0.2) is 9.78 Å². The molecule has 3 nitrogen and oxygen atoms in total. The maximum Gasteiger partial charge on any atom is 0.0596 e. The first-order valence-corrected chi connectivity index (χ1v) is 7.38. The summed E-state index contributed by atoms with van der Waals surface area (Å²) in [6.45, 7) is 7.23. The van der Waals surface area contributed by atoms with E-state index in [0.717, 1.165) is 25.1 Å². The first-order chi connectivity index (χ1) is 8.65. The van der Waals surface area contributed by atoms with Crippen molar-refractivity contribution >= 4 is 11.3 Å². The van der Waals surface area contributed by atoms with Crippen molar-refractivity contribution in [3.8, 4) is 0 Å². The summed E-state index contributed by atoms with van der Waals surface area (Å²) in [6.07, 6.45) is 1.92. The lowest BCUT2D eigenvalue weighted by atomic mass is 10.1. The first-order valence-electron chi connectivity index (χ1n) is 6.50. The third-order valence-electron chi connectivity index (χ3n) is 3.21. The minimum absolute atomic E-state index is 0.0846. The topological polar surface area (TPSA) is 43.8 Å². The van der Waals surface area contributed by atoms with Crippen LogP contribution in [-0.2, 0) is 19.4 Å². The van der Waals surface area contributed by atoms with Crippen molar-refractivity contribution in [2.75, 3.05) is 0 Å². The molecule has 0 fully saturated rings. The summed E-state index contributed by atoms with van der Waals surface area (Å²) in [6, 6.07) is 4.41. The molecule has 4 heteroatoms. The summed E-state index contributed by atoms with van der Waals surface area (Å²) >= 11 is 1.77. The zero-order valence-corrected chi connectivity index (χ0v) is 12.1. The number of hydrogen-bond acceptors (Lipinski definition) is 3. The van der Waals surface area contributed by atoms with Gasteiger partial charge < -0.3 is 5.73 Å². The Morgan fingerprint density at radius 1 is 1.44 bits per heavy atom. The minimum Gasteiger partial charge on any atom is -0.323 e. The molecule has 0 aliphatic heterocycles. The van der Waals surface area contributed by atoms with Crippen LogP contribution in [0.3, 0.4) is 0 Å². The van der Waals surface area contributed by atoms with Gasteiger partial charge in [0.2, 0.25) is 0 Å². The molecule has 0 aliphatic carbocycles. The number of aromatic nitrogens is 2. The molecule has 2 rings (SSSR count). The Balaban J connectivity index is 2.18. The van der Waals surface area contributed by atoms with Crippen LogP contribution in [0.5, 0.6) is 0 Å². The molecule has 0 amide bonds. The van der Waals surface area contributed by atoms with Crippen molar-refractivity contribution in [2.24, 2.45) is 5.73 Å². The van der Waals surface area contributed by atoms with Crippen LogP contribution < -0.4 is 5.73 Å². The van der Waals surface area contributed by atoms with E-state index in [9.17, 15) is 0 Å². The summed E-state index contributed by atoms with van der Waals surface area (Å²) in [5.74, 6) is 0. The average Bonchev–Trinajstić information content (AvgIpc) is 2.95. The van der Waals surface area contributed by atoms with E-state index in [2.05, 4.69) is 41.1 Å². The van der Waals surface area contributed by atoms with Crippen molar-refractivity contribution in [3.05, 3.63) is 39.3 Å². The van der Waals surface area contributed by atoms with E-state index in [-0.39, 0.29) is 6.04 Å². The van der Waals surface area contributed by atoms with E-state index in [4.69, 9.17) is 5.73 Å². The lowest BCUT2D eigenvalue weighted by molar-refractivity contribution is 0.589. The third kappa shape index (κ3) is 2.65. The maximum atomic E-state index is 6.35. The molecule has 2 heterocycles. The highest BCUT2D eigenvalue weighted by Crippen LogP contribution is 2.26. The summed E-state index contributed by atoms with van der Waals surface area (Å²) in [4.78, 5) is 1.32. The molecule has 0 saturated heterocycles. The number of rotatable bonds is 5. The van der Waals surface area contributed by atoms with Gasteiger partial charge in [-0.15, -0.1) is 11.3 Å². The SMILES string of the molecule is CCc1ccsc1C(N)Cc1cc(C)nn1CC. The fourth-order valence-electron chi connectivity index (χ4n) is 2.32. The monoisotopic (exact) mass is 263 g/mol. The average molecular weight is 263 g/mol. The van der Waals surface area contributed by atoms with Gasteiger partial charge in [0, 0.05) is 29.6 Å². The summed E-state index contributed by atoms with van der Waals surface area (Å²) in [5.41, 5.74) is 10.0. The van der Waals surface area contributed by atoms with Crippen molar-refractivity contribution in [2.45, 2.75) is 46.2 Å². The lowest BCUT2D eigenvalue weighted by Crippen LogP contribution is -2.16. The first kappa shape index (κ1) is 13.3. The van der Waals surface area contributed by atoms with Crippen molar-refractivity contribution in [1.82, 2.24) is 9.78 Å². The number of hydrogen-bond donors (Lipinski definition) is 1. The Hall–Kier alpha value is -1.13. The van der Waals surface area contributed by atoms with Crippen molar-refractivity contribution in [3.63, 3.8) is 0 Å². The largest absolute Gasteiger partial charge is 0.323 e. The third-order valence-corrected chi connectivity index (χ3v) is 4.30. The van der Waals surface area contributed by atoms with Crippen LogP contribution in [0.4, 0.5) is 0 Å². The highest BCUT2D eigenvalue weighted by molar-refractivity contribution is 7.10. The van der Waals surface area contributed by atoms with Gasteiger partial charge in [-0.3, -0.25) is 4.68 Å². The molecule has 2 N–H and O–H groups in total.